The summed E-state index contributed by atoms with van der Waals surface area (Å²) in [6.07, 6.45) is 12.0. The first-order valence-electron chi connectivity index (χ1n) is 17.0. The Hall–Kier alpha value is -1.18. The fraction of sp³-hybridized carbons (Fsp3) is 0.941. The van der Waals surface area contributed by atoms with Gasteiger partial charge in [0.2, 0.25) is 5.91 Å². The van der Waals surface area contributed by atoms with Gasteiger partial charge in [0.05, 0.1) is 12.2 Å². The maximum atomic E-state index is 12.7. The normalized spacial score (nSPS) is 39.0. The maximum absolute atomic E-state index is 12.7. The third-order valence-electron chi connectivity index (χ3n) is 12.5. The van der Waals surface area contributed by atoms with E-state index in [9.17, 15) is 19.8 Å². The van der Waals surface area contributed by atoms with E-state index in [1.165, 1.54) is 25.7 Å². The molecule has 0 aromatic heterocycles. The van der Waals surface area contributed by atoms with Crippen molar-refractivity contribution in [2.75, 3.05) is 33.3 Å². The van der Waals surface area contributed by atoms with Crippen LogP contribution in [0.25, 0.3) is 0 Å². The van der Waals surface area contributed by atoms with Crippen molar-refractivity contribution in [2.45, 2.75) is 123 Å². The van der Waals surface area contributed by atoms with Gasteiger partial charge in [-0.25, -0.2) is 0 Å². The van der Waals surface area contributed by atoms with Crippen molar-refractivity contribution in [2.24, 2.45) is 46.3 Å². The summed E-state index contributed by atoms with van der Waals surface area (Å²) in [5, 5.41) is 24.9. The third-order valence-corrected chi connectivity index (χ3v) is 12.5. The van der Waals surface area contributed by atoms with E-state index < -0.39 is 0 Å². The molecule has 0 heterocycles. The Morgan fingerprint density at radius 1 is 1.00 bits per heavy atom. The summed E-state index contributed by atoms with van der Waals surface area (Å²) in [6.45, 7) is 11.8. The molecule has 0 radical (unpaired) electrons. The number of likely N-dealkylation sites (N-methyl/N-ethyl adjacent to an activating group) is 1. The van der Waals surface area contributed by atoms with Crippen molar-refractivity contribution < 1.29 is 24.5 Å². The summed E-state index contributed by atoms with van der Waals surface area (Å²) in [5.74, 6) is 3.10. The Kier molecular flexibility index (Phi) is 11.2. The quantitative estimate of drug-likeness (QED) is 0.262. The lowest BCUT2D eigenvalue weighted by molar-refractivity contribution is -0.174. The molecule has 7 nitrogen and oxygen atoms in total. The molecule has 0 unspecified atom stereocenters. The van der Waals surface area contributed by atoms with E-state index in [-0.39, 0.29) is 34.9 Å². The molecule has 41 heavy (non-hydrogen) atoms. The summed E-state index contributed by atoms with van der Waals surface area (Å²) in [4.78, 5) is 26.4. The molecule has 0 bridgehead atoms. The largest absolute Gasteiger partial charge is 0.464 e. The number of carbonyl (C=O) groups is 2. The minimum atomic E-state index is -0.237. The van der Waals surface area contributed by atoms with Gasteiger partial charge in [0.1, 0.15) is 6.61 Å². The number of fused-ring (bicyclic) bond motifs is 5. The fourth-order valence-electron chi connectivity index (χ4n) is 10.0. The average Bonchev–Trinajstić information content (AvgIpc) is 3.28. The number of aliphatic hydroxyl groups is 2. The van der Waals surface area contributed by atoms with Gasteiger partial charge in [-0.1, -0.05) is 34.1 Å². The first-order chi connectivity index (χ1) is 19.5. The van der Waals surface area contributed by atoms with Gasteiger partial charge in [-0.05, 0) is 118 Å². The molecule has 0 aliphatic heterocycles. The second-order valence-electron chi connectivity index (χ2n) is 14.9. The number of amides is 1. The van der Waals surface area contributed by atoms with Crippen molar-refractivity contribution in [1.82, 2.24) is 10.2 Å². The molecule has 0 saturated heterocycles. The number of rotatable bonds is 13. The fourth-order valence-corrected chi connectivity index (χ4v) is 10.0. The molecular weight excluding hydrogens is 516 g/mol. The van der Waals surface area contributed by atoms with Crippen molar-refractivity contribution >= 4 is 11.9 Å². The van der Waals surface area contributed by atoms with Crippen LogP contribution in [0, 0.1) is 46.3 Å². The van der Waals surface area contributed by atoms with E-state index in [2.05, 4.69) is 37.9 Å². The number of aliphatic hydroxyl groups excluding tert-OH is 2. The van der Waals surface area contributed by atoms with Crippen LogP contribution in [0.15, 0.2) is 0 Å². The van der Waals surface area contributed by atoms with E-state index >= 15 is 0 Å². The number of nitrogens with one attached hydrogen (secondary N) is 1. The van der Waals surface area contributed by atoms with Gasteiger partial charge in [0.15, 0.2) is 0 Å². The van der Waals surface area contributed by atoms with Crippen LogP contribution in [-0.4, -0.2) is 72.5 Å². The number of hydrogen-bond acceptors (Lipinski definition) is 6. The van der Waals surface area contributed by atoms with Gasteiger partial charge in [0.25, 0.3) is 0 Å². The molecule has 0 spiro atoms. The number of unbranched alkanes of at least 4 members (excludes halogenated alkanes) is 1. The lowest BCUT2D eigenvalue weighted by atomic mass is 9.43. The Morgan fingerprint density at radius 2 is 1.73 bits per heavy atom. The second-order valence-corrected chi connectivity index (χ2v) is 14.9. The van der Waals surface area contributed by atoms with Crippen molar-refractivity contribution in [3.05, 3.63) is 0 Å². The van der Waals surface area contributed by atoms with Gasteiger partial charge in [-0.15, -0.1) is 0 Å². The number of esters is 1. The Balaban J connectivity index is 1.21. The van der Waals surface area contributed by atoms with Gasteiger partial charge in [0, 0.05) is 32.5 Å². The van der Waals surface area contributed by atoms with Crippen molar-refractivity contribution in [3.8, 4) is 0 Å². The van der Waals surface area contributed by atoms with Crippen LogP contribution in [0.5, 0.6) is 0 Å². The van der Waals surface area contributed by atoms with Crippen molar-refractivity contribution in [3.63, 3.8) is 0 Å². The Labute approximate surface area is 249 Å². The van der Waals surface area contributed by atoms with Crippen LogP contribution in [0.3, 0.4) is 0 Å². The smallest absolute Gasteiger partial charge is 0.305 e. The molecule has 10 atom stereocenters. The minimum absolute atomic E-state index is 0.124. The zero-order chi connectivity index (χ0) is 29.8. The molecule has 1 amide bonds. The monoisotopic (exact) mass is 576 g/mol. The van der Waals surface area contributed by atoms with E-state index in [0.717, 1.165) is 51.5 Å². The molecule has 7 heteroatoms. The number of hydrogen-bond donors (Lipinski definition) is 3. The highest BCUT2D eigenvalue weighted by Gasteiger charge is 2.62. The maximum Gasteiger partial charge on any atom is 0.305 e. The summed E-state index contributed by atoms with van der Waals surface area (Å²) in [5.41, 5.74) is 0.511. The molecule has 0 aromatic carbocycles. The molecule has 4 aliphatic carbocycles. The van der Waals surface area contributed by atoms with E-state index in [4.69, 9.17) is 4.74 Å². The molecule has 236 valence electrons. The highest BCUT2D eigenvalue weighted by atomic mass is 16.5. The number of ether oxygens (including phenoxy) is 1. The predicted octanol–water partition coefficient (Wildman–Crippen LogP) is 5.17. The van der Waals surface area contributed by atoms with Crippen LogP contribution in [0.4, 0.5) is 0 Å². The number of carbonyl (C=O) groups excluding carboxylic acids is 2. The standard InChI is InChI=1S/C34H60N2O5/c1-6-7-8-31(40)41-20-19-36(5)18-17-35-30(39)12-9-23(2)26-10-11-27-32-28(14-16-34(26,27)4)33(3)15-13-25(37)21-24(33)22-29(32)38/h23-29,32,37-38H,6-22H2,1-5H3,(H,35,39)/t23-,24+,25-,26-,27+,28+,29+,32+,33+,34-/m1/s1. The van der Waals surface area contributed by atoms with Crippen LogP contribution < -0.4 is 5.32 Å². The van der Waals surface area contributed by atoms with Crippen LogP contribution in [0.1, 0.15) is 111 Å². The zero-order valence-corrected chi connectivity index (χ0v) is 26.7. The van der Waals surface area contributed by atoms with Gasteiger partial charge in [-0.2, -0.15) is 0 Å². The van der Waals surface area contributed by atoms with Crippen LogP contribution in [0.2, 0.25) is 0 Å². The van der Waals surface area contributed by atoms with Gasteiger partial charge >= 0.3 is 5.97 Å². The second kappa shape index (κ2) is 14.1. The summed E-state index contributed by atoms with van der Waals surface area (Å²) in [6, 6.07) is 0. The first kappa shape index (κ1) is 32.7. The molecular formula is C34H60N2O5. The molecule has 4 rings (SSSR count). The Morgan fingerprint density at radius 3 is 2.49 bits per heavy atom. The van der Waals surface area contributed by atoms with Crippen LogP contribution in [-0.2, 0) is 14.3 Å². The lowest BCUT2D eigenvalue weighted by Gasteiger charge is -2.62. The molecule has 4 fully saturated rings. The average molecular weight is 577 g/mol. The molecule has 4 aliphatic rings. The first-order valence-corrected chi connectivity index (χ1v) is 17.0. The third kappa shape index (κ3) is 7.32. The summed E-state index contributed by atoms with van der Waals surface area (Å²) in [7, 11) is 1.99. The van der Waals surface area contributed by atoms with Crippen LogP contribution >= 0.6 is 0 Å². The lowest BCUT2D eigenvalue weighted by Crippen LogP contribution is -2.58. The van der Waals surface area contributed by atoms with Crippen molar-refractivity contribution in [1.29, 1.82) is 0 Å². The zero-order valence-electron chi connectivity index (χ0n) is 26.7. The Bertz CT molecular complexity index is 883. The predicted molar refractivity (Wildman–Crippen MR) is 162 cm³/mol. The van der Waals surface area contributed by atoms with Gasteiger partial charge < -0.3 is 25.2 Å². The summed E-state index contributed by atoms with van der Waals surface area (Å²) < 4.78 is 5.28. The molecule has 4 saturated carbocycles. The highest BCUT2D eigenvalue weighted by molar-refractivity contribution is 5.75. The van der Waals surface area contributed by atoms with E-state index in [1.807, 2.05) is 7.05 Å². The SMILES string of the molecule is CCCCC(=O)OCCN(C)CCNC(=O)CC[C@@H](C)[C@H]1CC[C@H]2[C@@H]3[C@@H](O)C[C@@H]4C[C@H](O)CC[C@]4(C)[C@H]3CC[C@]12C. The summed E-state index contributed by atoms with van der Waals surface area (Å²) >= 11 is 0. The minimum Gasteiger partial charge on any atom is -0.464 e. The molecule has 0 aromatic rings. The highest BCUT2D eigenvalue weighted by Crippen LogP contribution is 2.68. The van der Waals surface area contributed by atoms with Gasteiger partial charge in [-0.3, -0.25) is 9.59 Å². The van der Waals surface area contributed by atoms with E-state index in [0.29, 0.717) is 68.0 Å². The molecule has 3 N–H and O–H groups in total. The topological polar surface area (TPSA) is 99.1 Å². The van der Waals surface area contributed by atoms with E-state index in [1.54, 1.807) is 0 Å². The number of nitrogens with zero attached hydrogens (tertiary/aromatic N) is 1.